The summed E-state index contributed by atoms with van der Waals surface area (Å²) < 4.78 is 81.9. The summed E-state index contributed by atoms with van der Waals surface area (Å²) in [6, 6.07) is 8.36. The molecule has 0 radical (unpaired) electrons. The minimum absolute atomic E-state index is 0.112. The number of carbonyl (C=O) groups is 1. The summed E-state index contributed by atoms with van der Waals surface area (Å²) in [5.74, 6) is -2.93. The van der Waals surface area contributed by atoms with Crippen LogP contribution in [-0.2, 0) is 28.0 Å². The number of hydrogen-bond acceptors (Lipinski definition) is 4. The van der Waals surface area contributed by atoms with Crippen LogP contribution in [0.4, 0.5) is 23.2 Å². The molecule has 0 aliphatic carbocycles. The minimum atomic E-state index is -4.73. The number of sulfonamides is 1. The Morgan fingerprint density at radius 1 is 1.14 bits per heavy atom. The first kappa shape index (κ1) is 25.1. The van der Waals surface area contributed by atoms with E-state index < -0.39 is 50.3 Å². The van der Waals surface area contributed by atoms with Crippen molar-refractivity contribution in [3.63, 3.8) is 0 Å². The second-order valence-corrected chi connectivity index (χ2v) is 10.4. The summed E-state index contributed by atoms with van der Waals surface area (Å²) in [5, 5.41) is 1.52. The first-order valence-electron chi connectivity index (χ1n) is 10.3. The molecule has 0 bridgehead atoms. The second kappa shape index (κ2) is 9.25. The van der Waals surface area contributed by atoms with Gasteiger partial charge < -0.3 is 9.88 Å². The quantitative estimate of drug-likeness (QED) is 0.499. The van der Waals surface area contributed by atoms with Gasteiger partial charge >= 0.3 is 6.18 Å². The smallest absolute Gasteiger partial charge is 0.339 e. The molecule has 4 rings (SSSR count). The van der Waals surface area contributed by atoms with E-state index in [2.05, 4.69) is 10.3 Å². The fourth-order valence-corrected chi connectivity index (χ4v) is 5.74. The summed E-state index contributed by atoms with van der Waals surface area (Å²) >= 11 is 5.91. The van der Waals surface area contributed by atoms with Crippen LogP contribution in [0.1, 0.15) is 17.0 Å². The molecule has 1 amide bonds. The number of imidazole rings is 1. The van der Waals surface area contributed by atoms with Crippen LogP contribution in [0, 0.1) is 11.7 Å². The molecule has 186 valence electrons. The van der Waals surface area contributed by atoms with Crippen molar-refractivity contribution in [3.8, 4) is 0 Å². The van der Waals surface area contributed by atoms with Crippen molar-refractivity contribution in [1.82, 2.24) is 13.9 Å². The lowest BCUT2D eigenvalue weighted by atomic mass is 9.88. The molecule has 1 saturated heterocycles. The van der Waals surface area contributed by atoms with Gasteiger partial charge in [-0.1, -0.05) is 29.8 Å². The van der Waals surface area contributed by atoms with E-state index in [1.54, 1.807) is 7.05 Å². The molecule has 1 aliphatic heterocycles. The van der Waals surface area contributed by atoms with Crippen LogP contribution >= 0.6 is 11.6 Å². The predicted molar refractivity (Wildman–Crippen MR) is 120 cm³/mol. The maximum atomic E-state index is 13.5. The van der Waals surface area contributed by atoms with Crippen LogP contribution in [0.5, 0.6) is 0 Å². The summed E-state index contributed by atoms with van der Waals surface area (Å²) in [6.07, 6.45) is -2.09. The maximum absolute atomic E-state index is 13.5. The normalized spacial score (nSPS) is 19.1. The molecule has 0 unspecified atom stereocenters. The van der Waals surface area contributed by atoms with E-state index in [0.29, 0.717) is 5.56 Å². The van der Waals surface area contributed by atoms with Crippen molar-refractivity contribution < 1.29 is 30.8 Å². The minimum Gasteiger partial charge on any atom is -0.339 e. The van der Waals surface area contributed by atoms with Gasteiger partial charge in [0.25, 0.3) is 10.0 Å². The average Bonchev–Trinajstić information content (AvgIpc) is 3.42. The molecule has 13 heteroatoms. The number of nitrogens with zero attached hydrogens (tertiary/aromatic N) is 3. The summed E-state index contributed by atoms with van der Waals surface area (Å²) in [4.78, 5) is 17.1. The van der Waals surface area contributed by atoms with E-state index >= 15 is 0 Å². The van der Waals surface area contributed by atoms with Gasteiger partial charge in [0.2, 0.25) is 5.91 Å². The number of aromatic nitrogens is 2. The highest BCUT2D eigenvalue weighted by Gasteiger charge is 2.44. The van der Waals surface area contributed by atoms with Gasteiger partial charge in [0.15, 0.2) is 5.03 Å². The highest BCUT2D eigenvalue weighted by atomic mass is 35.5. The van der Waals surface area contributed by atoms with Crippen molar-refractivity contribution in [3.05, 3.63) is 77.0 Å². The van der Waals surface area contributed by atoms with Gasteiger partial charge in [-0.2, -0.15) is 17.5 Å². The number of rotatable bonds is 5. The molecule has 7 nitrogen and oxygen atoms in total. The lowest BCUT2D eigenvalue weighted by Gasteiger charge is -2.19. The fourth-order valence-electron chi connectivity index (χ4n) is 4.00. The third-order valence-corrected chi connectivity index (χ3v) is 7.89. The Labute approximate surface area is 203 Å². The standard InChI is InChI=1S/C22H19ClF4N4O3S/c1-30-11-19(28-12-30)35(33,34)31-9-15(13-5-7-14(24)8-6-13)16(10-31)21(32)29-18-4-2-3-17(20(18)23)22(25,26)27/h2-8,11-12,15-16H,9-10H2,1H3,(H,29,32)/t15-,16+/m0/s1. The van der Waals surface area contributed by atoms with Gasteiger partial charge in [0.1, 0.15) is 5.82 Å². The summed E-state index contributed by atoms with van der Waals surface area (Å²) in [5.41, 5.74) is -0.867. The van der Waals surface area contributed by atoms with Crippen LogP contribution in [0.2, 0.25) is 5.02 Å². The predicted octanol–water partition coefficient (Wildman–Crippen LogP) is 4.27. The number of hydrogen-bond donors (Lipinski definition) is 1. The van der Waals surface area contributed by atoms with Gasteiger partial charge in [0.05, 0.1) is 28.5 Å². The molecule has 1 aromatic heterocycles. The number of carbonyl (C=O) groups excluding carboxylic acids is 1. The molecule has 0 saturated carbocycles. The lowest BCUT2D eigenvalue weighted by molar-refractivity contribution is -0.137. The van der Waals surface area contributed by atoms with Gasteiger partial charge in [-0.25, -0.2) is 17.8 Å². The zero-order valence-electron chi connectivity index (χ0n) is 18.1. The highest BCUT2D eigenvalue weighted by Crippen LogP contribution is 2.40. The fraction of sp³-hybridized carbons (Fsp3) is 0.273. The number of anilines is 1. The van der Waals surface area contributed by atoms with Gasteiger partial charge in [-0.05, 0) is 29.8 Å². The number of nitrogens with one attached hydrogen (secondary N) is 1. The first-order chi connectivity index (χ1) is 16.4. The van der Waals surface area contributed by atoms with Crippen molar-refractivity contribution in [2.45, 2.75) is 17.1 Å². The monoisotopic (exact) mass is 530 g/mol. The van der Waals surface area contributed by atoms with Gasteiger partial charge in [0, 0.05) is 32.3 Å². The molecule has 1 fully saturated rings. The Bertz CT molecular complexity index is 1360. The number of alkyl halides is 3. The Balaban J connectivity index is 1.67. The number of halogens is 5. The first-order valence-corrected chi connectivity index (χ1v) is 12.1. The van der Waals surface area contributed by atoms with Gasteiger partial charge in [-0.15, -0.1) is 0 Å². The Hall–Kier alpha value is -2.96. The van der Waals surface area contributed by atoms with Crippen LogP contribution in [0.25, 0.3) is 0 Å². The zero-order valence-corrected chi connectivity index (χ0v) is 19.7. The Kier molecular flexibility index (Phi) is 6.64. The SMILES string of the molecule is Cn1cnc(S(=O)(=O)N2C[C@@H](C(=O)Nc3cccc(C(F)(F)F)c3Cl)[C@H](c3ccc(F)cc3)C2)c1. The van der Waals surface area contributed by atoms with Crippen LogP contribution in [0.15, 0.2) is 60.0 Å². The van der Waals surface area contributed by atoms with Crippen LogP contribution < -0.4 is 5.32 Å². The third kappa shape index (κ3) is 5.04. The van der Waals surface area contributed by atoms with E-state index in [1.165, 1.54) is 47.4 Å². The molecule has 1 N–H and O–H groups in total. The Morgan fingerprint density at radius 3 is 2.43 bits per heavy atom. The van der Waals surface area contributed by atoms with E-state index in [0.717, 1.165) is 16.4 Å². The topological polar surface area (TPSA) is 84.3 Å². The van der Waals surface area contributed by atoms with Crippen molar-refractivity contribution in [2.75, 3.05) is 18.4 Å². The molecule has 35 heavy (non-hydrogen) atoms. The molecule has 2 aromatic carbocycles. The Morgan fingerprint density at radius 2 is 1.83 bits per heavy atom. The molecule has 1 aliphatic rings. The van der Waals surface area contributed by atoms with E-state index in [9.17, 15) is 30.8 Å². The molecule has 0 spiro atoms. The van der Waals surface area contributed by atoms with E-state index in [1.807, 2.05) is 0 Å². The average molecular weight is 531 g/mol. The van der Waals surface area contributed by atoms with Crippen molar-refractivity contribution in [2.24, 2.45) is 13.0 Å². The number of amides is 1. The molecule has 2 atom stereocenters. The van der Waals surface area contributed by atoms with Crippen LogP contribution in [0.3, 0.4) is 0 Å². The second-order valence-electron chi connectivity index (χ2n) is 8.12. The largest absolute Gasteiger partial charge is 0.417 e. The summed E-state index contributed by atoms with van der Waals surface area (Å²) in [6.45, 7) is -0.373. The van der Waals surface area contributed by atoms with Crippen LogP contribution in [-0.4, -0.2) is 41.3 Å². The summed E-state index contributed by atoms with van der Waals surface area (Å²) in [7, 11) is -2.46. The maximum Gasteiger partial charge on any atom is 0.417 e. The third-order valence-electron chi connectivity index (χ3n) is 5.77. The lowest BCUT2D eigenvalue weighted by Crippen LogP contribution is -2.32. The van der Waals surface area contributed by atoms with E-state index in [4.69, 9.17) is 11.6 Å². The molecular formula is C22H19ClF4N4O3S. The zero-order chi connectivity index (χ0) is 25.5. The van der Waals surface area contributed by atoms with Crippen molar-refractivity contribution in [1.29, 1.82) is 0 Å². The van der Waals surface area contributed by atoms with E-state index in [-0.39, 0.29) is 23.8 Å². The van der Waals surface area contributed by atoms with Gasteiger partial charge in [-0.3, -0.25) is 4.79 Å². The molecule has 3 aromatic rings. The highest BCUT2D eigenvalue weighted by molar-refractivity contribution is 7.89. The molecular weight excluding hydrogens is 512 g/mol. The molecule has 2 heterocycles. The number of aryl methyl sites for hydroxylation is 1. The number of benzene rings is 2. The van der Waals surface area contributed by atoms with Crippen molar-refractivity contribution >= 4 is 33.2 Å².